The van der Waals surface area contributed by atoms with Crippen LogP contribution in [0.25, 0.3) is 0 Å². The molecule has 102 valence electrons. The lowest BCUT2D eigenvalue weighted by Gasteiger charge is -2.12. The second-order valence-corrected chi connectivity index (χ2v) is 5.29. The summed E-state index contributed by atoms with van der Waals surface area (Å²) in [5, 5.41) is 10.1. The number of ether oxygens (including phenoxy) is 1. The van der Waals surface area contributed by atoms with Crippen molar-refractivity contribution in [1.29, 1.82) is 0 Å². The molecule has 0 amide bonds. The standard InChI is InChI=1S/C13H11F3O2S/c1-8-5-6-11(19-8)12(17)9-3-2-4-10(7-9)18-13(14,15)16/h2-7,12,17H,1H3. The average molecular weight is 288 g/mol. The Morgan fingerprint density at radius 2 is 1.95 bits per heavy atom. The Hall–Kier alpha value is -1.53. The highest BCUT2D eigenvalue weighted by atomic mass is 32.1. The number of aliphatic hydroxyl groups is 1. The normalized spacial score (nSPS) is 13.3. The Balaban J connectivity index is 2.23. The number of rotatable bonds is 3. The van der Waals surface area contributed by atoms with Gasteiger partial charge in [0.05, 0.1) is 0 Å². The lowest BCUT2D eigenvalue weighted by molar-refractivity contribution is -0.274. The molecular formula is C13H11F3O2S. The summed E-state index contributed by atoms with van der Waals surface area (Å²) in [6.45, 7) is 1.89. The Morgan fingerprint density at radius 1 is 1.21 bits per heavy atom. The maximum atomic E-state index is 12.1. The van der Waals surface area contributed by atoms with Gasteiger partial charge in [-0.25, -0.2) is 0 Å². The Kier molecular flexibility index (Phi) is 3.82. The number of alkyl halides is 3. The summed E-state index contributed by atoms with van der Waals surface area (Å²) >= 11 is 1.40. The van der Waals surface area contributed by atoms with Crippen LogP contribution in [0.5, 0.6) is 5.75 Å². The SMILES string of the molecule is Cc1ccc(C(O)c2cccc(OC(F)(F)F)c2)s1. The van der Waals surface area contributed by atoms with Crippen LogP contribution in [0.3, 0.4) is 0 Å². The molecule has 0 fully saturated rings. The first-order chi connectivity index (χ1) is 8.85. The van der Waals surface area contributed by atoms with Crippen molar-refractivity contribution >= 4 is 11.3 Å². The number of thiophene rings is 1. The maximum absolute atomic E-state index is 12.1. The van der Waals surface area contributed by atoms with E-state index in [-0.39, 0.29) is 5.75 Å². The first-order valence-electron chi connectivity index (χ1n) is 5.45. The van der Waals surface area contributed by atoms with E-state index in [1.54, 1.807) is 12.1 Å². The highest BCUT2D eigenvalue weighted by Gasteiger charge is 2.31. The molecule has 0 spiro atoms. The van der Waals surface area contributed by atoms with Gasteiger partial charge in [-0.15, -0.1) is 24.5 Å². The second-order valence-electron chi connectivity index (χ2n) is 3.97. The second kappa shape index (κ2) is 5.22. The molecule has 0 radical (unpaired) electrons. The lowest BCUT2D eigenvalue weighted by Crippen LogP contribution is -2.17. The number of hydrogen-bond donors (Lipinski definition) is 1. The van der Waals surface area contributed by atoms with E-state index in [4.69, 9.17) is 0 Å². The molecule has 19 heavy (non-hydrogen) atoms. The van der Waals surface area contributed by atoms with E-state index in [1.165, 1.54) is 29.5 Å². The lowest BCUT2D eigenvalue weighted by atomic mass is 10.1. The van der Waals surface area contributed by atoms with Crippen LogP contribution in [0.2, 0.25) is 0 Å². The van der Waals surface area contributed by atoms with E-state index in [0.29, 0.717) is 10.4 Å². The van der Waals surface area contributed by atoms with Crippen LogP contribution >= 0.6 is 11.3 Å². The highest BCUT2D eigenvalue weighted by Crippen LogP contribution is 2.31. The van der Waals surface area contributed by atoms with E-state index in [9.17, 15) is 18.3 Å². The predicted molar refractivity (Wildman–Crippen MR) is 66.2 cm³/mol. The first-order valence-corrected chi connectivity index (χ1v) is 6.27. The number of benzene rings is 1. The molecule has 0 saturated heterocycles. The van der Waals surface area contributed by atoms with Gasteiger partial charge in [0.2, 0.25) is 0 Å². The van der Waals surface area contributed by atoms with Crippen LogP contribution in [-0.4, -0.2) is 11.5 Å². The number of aryl methyl sites for hydroxylation is 1. The van der Waals surface area contributed by atoms with Crippen LogP contribution in [0.4, 0.5) is 13.2 Å². The molecule has 1 aromatic carbocycles. The van der Waals surface area contributed by atoms with Crippen LogP contribution in [0, 0.1) is 6.92 Å². The van der Waals surface area contributed by atoms with E-state index in [2.05, 4.69) is 4.74 Å². The minimum Gasteiger partial charge on any atom is -0.406 e. The molecule has 0 bridgehead atoms. The topological polar surface area (TPSA) is 29.5 Å². The van der Waals surface area contributed by atoms with Crippen molar-refractivity contribution in [3.63, 3.8) is 0 Å². The van der Waals surface area contributed by atoms with Gasteiger partial charge in [-0.2, -0.15) is 0 Å². The third-order valence-electron chi connectivity index (χ3n) is 2.44. The third-order valence-corrected chi connectivity index (χ3v) is 3.49. The van der Waals surface area contributed by atoms with Crippen molar-refractivity contribution in [1.82, 2.24) is 0 Å². The van der Waals surface area contributed by atoms with E-state index >= 15 is 0 Å². The fraction of sp³-hybridized carbons (Fsp3) is 0.231. The monoisotopic (exact) mass is 288 g/mol. The van der Waals surface area contributed by atoms with E-state index < -0.39 is 12.5 Å². The summed E-state index contributed by atoms with van der Waals surface area (Å²) in [5.41, 5.74) is 0.364. The molecule has 2 nitrogen and oxygen atoms in total. The predicted octanol–water partition coefficient (Wildman–Crippen LogP) is 4.04. The fourth-order valence-corrected chi connectivity index (χ4v) is 2.54. The zero-order valence-electron chi connectivity index (χ0n) is 9.94. The summed E-state index contributed by atoms with van der Waals surface area (Å²) in [4.78, 5) is 1.71. The maximum Gasteiger partial charge on any atom is 0.573 e. The Bertz CT molecular complexity index is 563. The van der Waals surface area contributed by atoms with E-state index in [0.717, 1.165) is 4.88 Å². The molecule has 0 aliphatic carbocycles. The number of hydrogen-bond acceptors (Lipinski definition) is 3. The number of halogens is 3. The average Bonchev–Trinajstić information content (AvgIpc) is 2.73. The first kappa shape index (κ1) is 13.9. The van der Waals surface area contributed by atoms with Gasteiger partial charge in [0.15, 0.2) is 0 Å². The van der Waals surface area contributed by atoms with Crippen molar-refractivity contribution in [3.8, 4) is 5.75 Å². The molecule has 1 aromatic heterocycles. The molecule has 0 aliphatic heterocycles. The van der Waals surface area contributed by atoms with E-state index in [1.807, 2.05) is 13.0 Å². The summed E-state index contributed by atoms with van der Waals surface area (Å²) in [6, 6.07) is 8.96. The van der Waals surface area contributed by atoms with Crippen LogP contribution < -0.4 is 4.74 Å². The molecule has 2 aromatic rings. The quantitative estimate of drug-likeness (QED) is 0.923. The molecule has 2 rings (SSSR count). The van der Waals surface area contributed by atoms with Gasteiger partial charge in [-0.1, -0.05) is 12.1 Å². The molecule has 0 aliphatic rings. The zero-order chi connectivity index (χ0) is 14.0. The van der Waals surface area contributed by atoms with Crippen LogP contribution in [0.15, 0.2) is 36.4 Å². The fourth-order valence-electron chi connectivity index (χ4n) is 1.65. The van der Waals surface area contributed by atoms with Gasteiger partial charge in [0.1, 0.15) is 11.9 Å². The highest BCUT2D eigenvalue weighted by molar-refractivity contribution is 7.12. The summed E-state index contributed by atoms with van der Waals surface area (Å²) in [6.07, 6.45) is -5.68. The Labute approximate surface area is 112 Å². The smallest absolute Gasteiger partial charge is 0.406 e. The summed E-state index contributed by atoms with van der Waals surface area (Å²) in [5.74, 6) is -0.336. The minimum absolute atomic E-state index is 0.336. The van der Waals surface area contributed by atoms with Crippen LogP contribution in [-0.2, 0) is 0 Å². The van der Waals surface area contributed by atoms with Gasteiger partial charge >= 0.3 is 6.36 Å². The van der Waals surface area contributed by atoms with Gasteiger partial charge in [-0.3, -0.25) is 0 Å². The van der Waals surface area contributed by atoms with Crippen molar-refractivity contribution in [2.45, 2.75) is 19.4 Å². The minimum atomic E-state index is -4.73. The summed E-state index contributed by atoms with van der Waals surface area (Å²) in [7, 11) is 0. The number of aliphatic hydroxyl groups excluding tert-OH is 1. The molecule has 0 saturated carbocycles. The van der Waals surface area contributed by atoms with Crippen molar-refractivity contribution in [2.75, 3.05) is 0 Å². The van der Waals surface area contributed by atoms with Gasteiger partial charge < -0.3 is 9.84 Å². The molecule has 1 atom stereocenters. The molecule has 1 heterocycles. The van der Waals surface area contributed by atoms with Crippen molar-refractivity contribution < 1.29 is 23.0 Å². The largest absolute Gasteiger partial charge is 0.573 e. The third kappa shape index (κ3) is 3.71. The van der Waals surface area contributed by atoms with Gasteiger partial charge in [-0.05, 0) is 36.8 Å². The molecular weight excluding hydrogens is 277 g/mol. The molecule has 1 unspecified atom stereocenters. The molecule has 1 N–H and O–H groups in total. The zero-order valence-corrected chi connectivity index (χ0v) is 10.8. The molecule has 6 heteroatoms. The summed E-state index contributed by atoms with van der Waals surface area (Å²) < 4.78 is 40.2. The van der Waals surface area contributed by atoms with Gasteiger partial charge in [0, 0.05) is 9.75 Å². The van der Waals surface area contributed by atoms with Gasteiger partial charge in [0.25, 0.3) is 0 Å². The van der Waals surface area contributed by atoms with Crippen LogP contribution in [0.1, 0.15) is 21.4 Å². The van der Waals surface area contributed by atoms with Crippen molar-refractivity contribution in [3.05, 3.63) is 51.7 Å². The van der Waals surface area contributed by atoms with Crippen molar-refractivity contribution in [2.24, 2.45) is 0 Å². The Morgan fingerprint density at radius 3 is 2.53 bits per heavy atom.